The lowest BCUT2D eigenvalue weighted by molar-refractivity contribution is -0.130. The minimum atomic E-state index is -0.376. The van der Waals surface area contributed by atoms with Crippen molar-refractivity contribution >= 4 is 11.8 Å². The van der Waals surface area contributed by atoms with Crippen molar-refractivity contribution in [3.63, 3.8) is 0 Å². The average molecular weight is 266 g/mol. The summed E-state index contributed by atoms with van der Waals surface area (Å²) in [7, 11) is 0. The van der Waals surface area contributed by atoms with Crippen LogP contribution in [-0.2, 0) is 4.79 Å². The Bertz CT molecular complexity index is 443. The molecule has 0 bridgehead atoms. The molecule has 0 fully saturated rings. The second kappa shape index (κ2) is 6.87. The molecule has 0 spiro atoms. The van der Waals surface area contributed by atoms with Gasteiger partial charge in [0.15, 0.2) is 0 Å². The van der Waals surface area contributed by atoms with Gasteiger partial charge in [0.1, 0.15) is 5.82 Å². The summed E-state index contributed by atoms with van der Waals surface area (Å²) in [6.45, 7) is 6.17. The zero-order valence-electron chi connectivity index (χ0n) is 11.4. The molecule has 0 aliphatic carbocycles. The van der Waals surface area contributed by atoms with Crippen molar-refractivity contribution in [3.05, 3.63) is 35.6 Å². The fourth-order valence-electron chi connectivity index (χ4n) is 1.77. The molecule has 0 saturated carbocycles. The van der Waals surface area contributed by atoms with E-state index >= 15 is 0 Å². The maximum atomic E-state index is 12.7. The van der Waals surface area contributed by atoms with Crippen LogP contribution in [0.25, 0.3) is 0 Å². The molecule has 19 heavy (non-hydrogen) atoms. The highest BCUT2D eigenvalue weighted by Crippen LogP contribution is 2.02. The second-order valence-corrected chi connectivity index (χ2v) is 4.57. The molecule has 0 aromatic heterocycles. The Labute approximate surface area is 112 Å². The molecular weight excluding hydrogens is 247 g/mol. The Hall–Kier alpha value is -1.91. The van der Waals surface area contributed by atoms with Gasteiger partial charge in [-0.25, -0.2) is 4.39 Å². The lowest BCUT2D eigenvalue weighted by atomic mass is 10.2. The largest absolute Gasteiger partial charge is 0.350 e. The van der Waals surface area contributed by atoms with Crippen LogP contribution in [0.15, 0.2) is 24.3 Å². The van der Waals surface area contributed by atoms with Gasteiger partial charge < -0.3 is 10.2 Å². The van der Waals surface area contributed by atoms with E-state index in [0.29, 0.717) is 18.7 Å². The van der Waals surface area contributed by atoms with E-state index < -0.39 is 0 Å². The number of nitrogens with one attached hydrogen (secondary N) is 1. The maximum absolute atomic E-state index is 12.7. The van der Waals surface area contributed by atoms with Crippen molar-refractivity contribution in [1.82, 2.24) is 10.2 Å². The number of benzene rings is 1. The van der Waals surface area contributed by atoms with Gasteiger partial charge in [0.05, 0.1) is 0 Å². The fourth-order valence-corrected chi connectivity index (χ4v) is 1.77. The normalized spacial score (nSPS) is 10.4. The first-order valence-electron chi connectivity index (χ1n) is 6.22. The first kappa shape index (κ1) is 15.1. The molecule has 104 valence electrons. The molecule has 4 nitrogen and oxygen atoms in total. The highest BCUT2D eigenvalue weighted by molar-refractivity contribution is 5.94. The first-order valence-corrected chi connectivity index (χ1v) is 6.22. The summed E-state index contributed by atoms with van der Waals surface area (Å²) < 4.78 is 12.7. The van der Waals surface area contributed by atoms with Crippen LogP contribution in [0.2, 0.25) is 0 Å². The minimum absolute atomic E-state index is 0.0222. The molecule has 2 amide bonds. The molecule has 0 aliphatic rings. The van der Waals surface area contributed by atoms with Crippen LogP contribution in [-0.4, -0.2) is 35.8 Å². The molecule has 1 aromatic rings. The van der Waals surface area contributed by atoms with Crippen molar-refractivity contribution in [2.75, 3.05) is 13.1 Å². The summed E-state index contributed by atoms with van der Waals surface area (Å²) in [6.07, 6.45) is 0. The lowest BCUT2D eigenvalue weighted by Gasteiger charge is -2.25. The smallest absolute Gasteiger partial charge is 0.251 e. The van der Waals surface area contributed by atoms with E-state index in [9.17, 15) is 14.0 Å². The summed E-state index contributed by atoms with van der Waals surface area (Å²) in [5.74, 6) is -0.669. The highest BCUT2D eigenvalue weighted by Gasteiger charge is 2.12. The predicted molar refractivity (Wildman–Crippen MR) is 71.3 cm³/mol. The highest BCUT2D eigenvalue weighted by atomic mass is 19.1. The van der Waals surface area contributed by atoms with Crippen LogP contribution in [0.3, 0.4) is 0 Å². The molecule has 0 heterocycles. The quantitative estimate of drug-likeness (QED) is 0.883. The third kappa shape index (κ3) is 4.69. The predicted octanol–water partition coefficient (Wildman–Crippen LogP) is 1.81. The van der Waals surface area contributed by atoms with E-state index in [4.69, 9.17) is 0 Å². The number of carbonyl (C=O) groups excluding carboxylic acids is 2. The molecule has 0 aliphatic heterocycles. The van der Waals surface area contributed by atoms with Gasteiger partial charge in [0.2, 0.25) is 5.91 Å². The summed E-state index contributed by atoms with van der Waals surface area (Å²) in [5.41, 5.74) is 0.403. The number of halogens is 1. The van der Waals surface area contributed by atoms with Gasteiger partial charge in [-0.05, 0) is 38.1 Å². The Balaban J connectivity index is 2.46. The van der Waals surface area contributed by atoms with Crippen LogP contribution < -0.4 is 5.32 Å². The molecule has 1 aromatic carbocycles. The fraction of sp³-hybridized carbons (Fsp3) is 0.429. The number of hydrogen-bond donors (Lipinski definition) is 1. The van der Waals surface area contributed by atoms with E-state index in [1.165, 1.54) is 31.2 Å². The van der Waals surface area contributed by atoms with Gasteiger partial charge in [-0.3, -0.25) is 9.59 Å². The summed E-state index contributed by atoms with van der Waals surface area (Å²) in [4.78, 5) is 24.8. The molecule has 0 radical (unpaired) electrons. The molecule has 1 rings (SSSR count). The van der Waals surface area contributed by atoms with Crippen molar-refractivity contribution in [2.45, 2.75) is 26.8 Å². The van der Waals surface area contributed by atoms with Crippen LogP contribution in [0, 0.1) is 5.82 Å². The molecule has 0 unspecified atom stereocenters. The standard InChI is InChI=1S/C14H19FN2O2/c1-10(2)17(11(3)18)9-8-16-14(19)12-4-6-13(15)7-5-12/h4-7,10H,8-9H2,1-3H3,(H,16,19). The molecule has 5 heteroatoms. The van der Waals surface area contributed by atoms with Crippen LogP contribution in [0.1, 0.15) is 31.1 Å². The SMILES string of the molecule is CC(=O)N(CCNC(=O)c1ccc(F)cc1)C(C)C. The average Bonchev–Trinajstić information content (AvgIpc) is 2.34. The Kier molecular flexibility index (Phi) is 5.48. The third-order valence-corrected chi connectivity index (χ3v) is 2.77. The Morgan fingerprint density at radius 2 is 1.84 bits per heavy atom. The van der Waals surface area contributed by atoms with E-state index in [0.717, 1.165) is 0 Å². The zero-order valence-corrected chi connectivity index (χ0v) is 11.4. The zero-order chi connectivity index (χ0) is 14.4. The van der Waals surface area contributed by atoms with Crippen molar-refractivity contribution in [2.24, 2.45) is 0 Å². The molecule has 0 saturated heterocycles. The summed E-state index contributed by atoms with van der Waals surface area (Å²) in [5, 5.41) is 2.70. The van der Waals surface area contributed by atoms with Crippen LogP contribution >= 0.6 is 0 Å². The van der Waals surface area contributed by atoms with E-state index in [2.05, 4.69) is 5.32 Å². The Morgan fingerprint density at radius 3 is 2.32 bits per heavy atom. The number of carbonyl (C=O) groups is 2. The summed E-state index contributed by atoms with van der Waals surface area (Å²) in [6, 6.07) is 5.43. The number of nitrogens with zero attached hydrogens (tertiary/aromatic N) is 1. The maximum Gasteiger partial charge on any atom is 0.251 e. The number of rotatable bonds is 5. The van der Waals surface area contributed by atoms with Gasteiger partial charge in [-0.15, -0.1) is 0 Å². The lowest BCUT2D eigenvalue weighted by Crippen LogP contribution is -2.41. The monoisotopic (exact) mass is 266 g/mol. The van der Waals surface area contributed by atoms with Gasteiger partial charge in [0, 0.05) is 31.6 Å². The first-order chi connectivity index (χ1) is 8.91. The van der Waals surface area contributed by atoms with Gasteiger partial charge in [0.25, 0.3) is 5.91 Å². The number of amides is 2. The van der Waals surface area contributed by atoms with E-state index in [1.54, 1.807) is 4.90 Å². The van der Waals surface area contributed by atoms with Crippen LogP contribution in [0.5, 0.6) is 0 Å². The minimum Gasteiger partial charge on any atom is -0.350 e. The molecule has 1 N–H and O–H groups in total. The van der Waals surface area contributed by atoms with Gasteiger partial charge >= 0.3 is 0 Å². The van der Waals surface area contributed by atoms with Crippen LogP contribution in [0.4, 0.5) is 4.39 Å². The van der Waals surface area contributed by atoms with Gasteiger partial charge in [-0.1, -0.05) is 0 Å². The van der Waals surface area contributed by atoms with E-state index in [1.807, 2.05) is 13.8 Å². The van der Waals surface area contributed by atoms with E-state index in [-0.39, 0.29) is 23.7 Å². The number of hydrogen-bond acceptors (Lipinski definition) is 2. The van der Waals surface area contributed by atoms with Crippen molar-refractivity contribution in [1.29, 1.82) is 0 Å². The third-order valence-electron chi connectivity index (χ3n) is 2.77. The second-order valence-electron chi connectivity index (χ2n) is 4.57. The molecular formula is C14H19FN2O2. The summed E-state index contributed by atoms with van der Waals surface area (Å²) >= 11 is 0. The molecule has 0 atom stereocenters. The van der Waals surface area contributed by atoms with Crippen molar-refractivity contribution in [3.8, 4) is 0 Å². The topological polar surface area (TPSA) is 49.4 Å². The van der Waals surface area contributed by atoms with Gasteiger partial charge in [-0.2, -0.15) is 0 Å². The Morgan fingerprint density at radius 1 is 1.26 bits per heavy atom. The van der Waals surface area contributed by atoms with Crippen molar-refractivity contribution < 1.29 is 14.0 Å².